The van der Waals surface area contributed by atoms with Gasteiger partial charge in [0, 0.05) is 6.42 Å². The molecule has 0 radical (unpaired) electrons. The van der Waals surface area contributed by atoms with Crippen molar-refractivity contribution < 1.29 is 23.9 Å². The summed E-state index contributed by atoms with van der Waals surface area (Å²) < 4.78 is 9.78. The second kappa shape index (κ2) is 7.70. The molecule has 6 heteroatoms. The maximum atomic E-state index is 11.7. The molecule has 0 spiro atoms. The third kappa shape index (κ3) is 6.49. The van der Waals surface area contributed by atoms with Gasteiger partial charge in [0.1, 0.15) is 11.6 Å². The van der Waals surface area contributed by atoms with E-state index in [0.29, 0.717) is 0 Å². The molecule has 22 heavy (non-hydrogen) atoms. The molecule has 120 valence electrons. The van der Waals surface area contributed by atoms with Crippen LogP contribution in [-0.4, -0.2) is 29.6 Å². The minimum atomic E-state index is -1.06. The summed E-state index contributed by atoms with van der Waals surface area (Å²) in [6.45, 7) is 5.24. The van der Waals surface area contributed by atoms with E-state index in [0.717, 1.165) is 0 Å². The van der Waals surface area contributed by atoms with Crippen LogP contribution in [0.4, 0.5) is 0 Å². The third-order valence-electron chi connectivity index (χ3n) is 2.59. The Morgan fingerprint density at radius 3 is 2.27 bits per heavy atom. The normalized spacial score (nSPS) is 12.4. The molecule has 1 atom stereocenters. The molecule has 0 aliphatic heterocycles. The predicted molar refractivity (Wildman–Crippen MR) is 79.9 cm³/mol. The maximum absolute atomic E-state index is 11.7. The molecule has 0 saturated carbocycles. The van der Waals surface area contributed by atoms with Crippen molar-refractivity contribution in [1.29, 1.82) is 0 Å². The first-order valence-electron chi connectivity index (χ1n) is 6.97. The number of esters is 3. The lowest BCUT2D eigenvalue weighted by atomic mass is 10.1. The first-order chi connectivity index (χ1) is 10.2. The maximum Gasteiger partial charge on any atom is 0.345 e. The Balaban J connectivity index is 2.42. The fraction of sp³-hybridized carbons (Fsp3) is 0.438. The van der Waals surface area contributed by atoms with Crippen molar-refractivity contribution >= 4 is 17.9 Å². The van der Waals surface area contributed by atoms with Crippen LogP contribution in [-0.2, 0) is 19.1 Å². The highest BCUT2D eigenvalue weighted by Gasteiger charge is 2.22. The van der Waals surface area contributed by atoms with Gasteiger partial charge in [0.05, 0.1) is 5.56 Å². The van der Waals surface area contributed by atoms with Crippen molar-refractivity contribution in [3.8, 4) is 0 Å². The largest absolute Gasteiger partial charge is 0.460 e. The van der Waals surface area contributed by atoms with E-state index in [9.17, 15) is 14.4 Å². The van der Waals surface area contributed by atoms with Gasteiger partial charge in [-0.1, -0.05) is 18.2 Å². The van der Waals surface area contributed by atoms with Crippen molar-refractivity contribution in [3.05, 3.63) is 35.9 Å². The summed E-state index contributed by atoms with van der Waals surface area (Å²) in [6.07, 6.45) is 0.0306. The molecule has 1 aromatic carbocycles. The standard InChI is InChI=1S/C16H21NO5/c1-16(2,3)22-13(18)10-9-12(17)15(20)21-14(19)11-7-5-4-6-8-11/h4-8,12H,9-10,17H2,1-3H3/t12-/m0/s1. The van der Waals surface area contributed by atoms with E-state index in [-0.39, 0.29) is 18.4 Å². The number of ether oxygens (including phenoxy) is 2. The van der Waals surface area contributed by atoms with Gasteiger partial charge in [-0.25, -0.2) is 9.59 Å². The third-order valence-corrected chi connectivity index (χ3v) is 2.59. The summed E-state index contributed by atoms with van der Waals surface area (Å²) in [7, 11) is 0. The summed E-state index contributed by atoms with van der Waals surface area (Å²) in [6, 6.07) is 7.06. The molecular formula is C16H21NO5. The smallest absolute Gasteiger partial charge is 0.345 e. The summed E-state index contributed by atoms with van der Waals surface area (Å²) in [5, 5.41) is 0. The predicted octanol–water partition coefficient (Wildman–Crippen LogP) is 1.82. The second-order valence-electron chi connectivity index (χ2n) is 5.81. The molecule has 0 aromatic heterocycles. The Labute approximate surface area is 129 Å². The molecule has 0 saturated heterocycles. The van der Waals surface area contributed by atoms with E-state index < -0.39 is 29.6 Å². The van der Waals surface area contributed by atoms with Gasteiger partial charge in [-0.2, -0.15) is 0 Å². The van der Waals surface area contributed by atoms with Crippen LogP contribution in [0.15, 0.2) is 30.3 Å². The van der Waals surface area contributed by atoms with Gasteiger partial charge in [-0.15, -0.1) is 0 Å². The van der Waals surface area contributed by atoms with Crippen molar-refractivity contribution in [3.63, 3.8) is 0 Å². The van der Waals surface area contributed by atoms with E-state index in [1.54, 1.807) is 39.0 Å². The van der Waals surface area contributed by atoms with Gasteiger partial charge in [0.25, 0.3) is 0 Å². The fourth-order valence-electron chi connectivity index (χ4n) is 1.58. The van der Waals surface area contributed by atoms with Gasteiger partial charge in [0.15, 0.2) is 0 Å². The van der Waals surface area contributed by atoms with Gasteiger partial charge < -0.3 is 15.2 Å². The first-order valence-corrected chi connectivity index (χ1v) is 6.97. The van der Waals surface area contributed by atoms with Crippen molar-refractivity contribution in [2.24, 2.45) is 5.73 Å². The Hall–Kier alpha value is -2.21. The first kappa shape index (κ1) is 17.8. The minimum Gasteiger partial charge on any atom is -0.460 e. The number of benzene rings is 1. The summed E-state index contributed by atoms with van der Waals surface area (Å²) in [4.78, 5) is 34.9. The van der Waals surface area contributed by atoms with E-state index >= 15 is 0 Å². The van der Waals surface area contributed by atoms with Gasteiger partial charge in [-0.05, 0) is 39.3 Å². The topological polar surface area (TPSA) is 95.7 Å². The zero-order valence-corrected chi connectivity index (χ0v) is 13.0. The van der Waals surface area contributed by atoms with Gasteiger partial charge >= 0.3 is 17.9 Å². The van der Waals surface area contributed by atoms with E-state index in [2.05, 4.69) is 4.74 Å². The number of hydrogen-bond donors (Lipinski definition) is 1. The molecule has 0 aliphatic rings. The molecule has 6 nitrogen and oxygen atoms in total. The van der Waals surface area contributed by atoms with Gasteiger partial charge in [-0.3, -0.25) is 4.79 Å². The summed E-state index contributed by atoms with van der Waals surface area (Å²) >= 11 is 0. The van der Waals surface area contributed by atoms with Crippen LogP contribution < -0.4 is 5.73 Å². The molecule has 0 fully saturated rings. The number of rotatable bonds is 5. The second-order valence-corrected chi connectivity index (χ2v) is 5.81. The number of carbonyl (C=O) groups is 3. The molecule has 0 aliphatic carbocycles. The lowest BCUT2D eigenvalue weighted by Gasteiger charge is -2.19. The van der Waals surface area contributed by atoms with E-state index in [1.165, 1.54) is 12.1 Å². The van der Waals surface area contributed by atoms with Crippen LogP contribution in [0.3, 0.4) is 0 Å². The average Bonchev–Trinajstić information content (AvgIpc) is 2.43. The van der Waals surface area contributed by atoms with Crippen LogP contribution in [0.2, 0.25) is 0 Å². The average molecular weight is 307 g/mol. The summed E-state index contributed by atoms with van der Waals surface area (Å²) in [5.74, 6) is -2.08. The Morgan fingerprint density at radius 2 is 1.73 bits per heavy atom. The molecule has 0 heterocycles. The Bertz CT molecular complexity index is 533. The number of nitrogens with two attached hydrogens (primary N) is 1. The summed E-state index contributed by atoms with van der Waals surface area (Å²) in [5.41, 5.74) is 5.29. The minimum absolute atomic E-state index is 0.0208. The van der Waals surface area contributed by atoms with E-state index in [1.807, 2.05) is 0 Å². The van der Waals surface area contributed by atoms with Crippen LogP contribution >= 0.6 is 0 Å². The zero-order chi connectivity index (χ0) is 16.8. The van der Waals surface area contributed by atoms with Crippen LogP contribution in [0.1, 0.15) is 44.0 Å². The SMILES string of the molecule is CC(C)(C)OC(=O)CC[C@H](N)C(=O)OC(=O)c1ccccc1. The number of carbonyl (C=O) groups excluding carboxylic acids is 3. The van der Waals surface area contributed by atoms with Gasteiger partial charge in [0.2, 0.25) is 0 Å². The molecule has 1 aromatic rings. The highest BCUT2D eigenvalue weighted by molar-refractivity contribution is 5.98. The van der Waals surface area contributed by atoms with Crippen molar-refractivity contribution in [2.75, 3.05) is 0 Å². The quantitative estimate of drug-likeness (QED) is 0.658. The van der Waals surface area contributed by atoms with E-state index in [4.69, 9.17) is 10.5 Å². The Kier molecular flexibility index (Phi) is 6.24. The Morgan fingerprint density at radius 1 is 1.14 bits per heavy atom. The monoisotopic (exact) mass is 307 g/mol. The highest BCUT2D eigenvalue weighted by atomic mass is 16.6. The number of hydrogen-bond acceptors (Lipinski definition) is 6. The fourth-order valence-corrected chi connectivity index (χ4v) is 1.58. The lowest BCUT2D eigenvalue weighted by molar-refractivity contribution is -0.155. The molecular weight excluding hydrogens is 286 g/mol. The molecule has 2 N–H and O–H groups in total. The van der Waals surface area contributed by atoms with Crippen molar-refractivity contribution in [2.45, 2.75) is 45.3 Å². The highest BCUT2D eigenvalue weighted by Crippen LogP contribution is 2.10. The molecule has 1 rings (SSSR count). The molecule has 0 amide bonds. The molecule has 0 unspecified atom stereocenters. The van der Waals surface area contributed by atoms with Crippen molar-refractivity contribution in [1.82, 2.24) is 0 Å². The zero-order valence-electron chi connectivity index (χ0n) is 13.0. The van der Waals surface area contributed by atoms with Crippen LogP contribution in [0.25, 0.3) is 0 Å². The molecule has 0 bridgehead atoms. The lowest BCUT2D eigenvalue weighted by Crippen LogP contribution is -2.35. The van der Waals surface area contributed by atoms with Crippen LogP contribution in [0, 0.1) is 0 Å². The van der Waals surface area contributed by atoms with Crippen LogP contribution in [0.5, 0.6) is 0 Å².